The van der Waals surface area contributed by atoms with E-state index in [1.165, 1.54) is 0 Å². The standard InChI is InChI=1S/C19H31N3O3/c1-20-19(21-10-5-11-25-18-8-12-24-13-9-18)22-14-17(15-23)16-6-3-2-4-7-16/h2-4,6-7,17-18,23H,5,8-15H2,1H3,(H2,20,21,22). The number of hydrogen-bond donors (Lipinski definition) is 3. The van der Waals surface area contributed by atoms with Gasteiger partial charge < -0.3 is 25.2 Å². The van der Waals surface area contributed by atoms with Crippen LogP contribution in [0.2, 0.25) is 0 Å². The number of aliphatic imine (C=N–C) groups is 1. The molecule has 0 spiro atoms. The van der Waals surface area contributed by atoms with Gasteiger partial charge in [0.25, 0.3) is 0 Å². The fraction of sp³-hybridized carbons (Fsp3) is 0.632. The second-order valence-corrected chi connectivity index (χ2v) is 6.21. The molecule has 1 aromatic carbocycles. The predicted molar refractivity (Wildman–Crippen MR) is 100 cm³/mol. The molecule has 0 bridgehead atoms. The molecular formula is C19H31N3O3. The predicted octanol–water partition coefficient (Wildman–Crippen LogP) is 1.51. The van der Waals surface area contributed by atoms with Gasteiger partial charge in [0.05, 0.1) is 12.7 Å². The van der Waals surface area contributed by atoms with Crippen LogP contribution in [0.15, 0.2) is 35.3 Å². The monoisotopic (exact) mass is 349 g/mol. The maximum Gasteiger partial charge on any atom is 0.191 e. The Hall–Kier alpha value is -1.63. The van der Waals surface area contributed by atoms with E-state index in [-0.39, 0.29) is 12.5 Å². The molecule has 25 heavy (non-hydrogen) atoms. The fourth-order valence-electron chi connectivity index (χ4n) is 2.83. The van der Waals surface area contributed by atoms with Gasteiger partial charge in [-0.25, -0.2) is 0 Å². The average molecular weight is 349 g/mol. The van der Waals surface area contributed by atoms with Crippen molar-refractivity contribution in [3.05, 3.63) is 35.9 Å². The molecule has 0 radical (unpaired) electrons. The lowest BCUT2D eigenvalue weighted by Gasteiger charge is -2.22. The second-order valence-electron chi connectivity index (χ2n) is 6.21. The van der Waals surface area contributed by atoms with Crippen LogP contribution in [-0.4, -0.2) is 63.7 Å². The van der Waals surface area contributed by atoms with Crippen molar-refractivity contribution < 1.29 is 14.6 Å². The first-order valence-electron chi connectivity index (χ1n) is 9.13. The first-order chi connectivity index (χ1) is 12.3. The summed E-state index contributed by atoms with van der Waals surface area (Å²) < 4.78 is 11.2. The molecule has 0 saturated carbocycles. The summed E-state index contributed by atoms with van der Waals surface area (Å²) in [5.41, 5.74) is 1.12. The number of guanidine groups is 1. The lowest BCUT2D eigenvalue weighted by atomic mass is 10.0. The molecule has 0 aliphatic carbocycles. The molecular weight excluding hydrogens is 318 g/mol. The third-order valence-corrected chi connectivity index (χ3v) is 4.37. The molecule has 1 saturated heterocycles. The Morgan fingerprint density at radius 1 is 1.28 bits per heavy atom. The fourth-order valence-corrected chi connectivity index (χ4v) is 2.83. The second kappa shape index (κ2) is 11.8. The zero-order valence-corrected chi connectivity index (χ0v) is 15.1. The van der Waals surface area contributed by atoms with Crippen LogP contribution in [0.3, 0.4) is 0 Å². The maximum atomic E-state index is 9.61. The number of aliphatic hydroxyl groups excluding tert-OH is 1. The number of nitrogens with one attached hydrogen (secondary N) is 2. The Labute approximate surface area is 150 Å². The smallest absolute Gasteiger partial charge is 0.191 e. The van der Waals surface area contributed by atoms with Crippen molar-refractivity contribution >= 4 is 5.96 Å². The molecule has 6 nitrogen and oxygen atoms in total. The highest BCUT2D eigenvalue weighted by atomic mass is 16.5. The largest absolute Gasteiger partial charge is 0.396 e. The van der Waals surface area contributed by atoms with Crippen molar-refractivity contribution in [2.75, 3.05) is 46.6 Å². The molecule has 1 atom stereocenters. The number of hydrogen-bond acceptors (Lipinski definition) is 4. The van der Waals surface area contributed by atoms with E-state index >= 15 is 0 Å². The maximum absolute atomic E-state index is 9.61. The number of aliphatic hydroxyl groups is 1. The number of benzene rings is 1. The lowest BCUT2D eigenvalue weighted by molar-refractivity contribution is -0.0320. The van der Waals surface area contributed by atoms with Crippen LogP contribution in [0.1, 0.15) is 30.7 Å². The first-order valence-corrected chi connectivity index (χ1v) is 9.13. The SMILES string of the molecule is CN=C(NCCCOC1CCOCC1)NCC(CO)c1ccccc1. The van der Waals surface area contributed by atoms with Crippen LogP contribution in [-0.2, 0) is 9.47 Å². The van der Waals surface area contributed by atoms with Gasteiger partial charge in [-0.2, -0.15) is 0 Å². The van der Waals surface area contributed by atoms with E-state index in [4.69, 9.17) is 9.47 Å². The third kappa shape index (κ3) is 7.42. The Balaban J connectivity index is 1.61. The van der Waals surface area contributed by atoms with E-state index in [0.29, 0.717) is 12.6 Å². The highest BCUT2D eigenvalue weighted by Gasteiger charge is 2.13. The van der Waals surface area contributed by atoms with Gasteiger partial charge in [-0.3, -0.25) is 4.99 Å². The van der Waals surface area contributed by atoms with Crippen LogP contribution in [0.25, 0.3) is 0 Å². The molecule has 1 unspecified atom stereocenters. The molecule has 0 aromatic heterocycles. The van der Waals surface area contributed by atoms with E-state index in [2.05, 4.69) is 15.6 Å². The molecule has 3 N–H and O–H groups in total. The van der Waals surface area contributed by atoms with E-state index in [0.717, 1.165) is 57.2 Å². The molecule has 140 valence electrons. The van der Waals surface area contributed by atoms with Crippen molar-refractivity contribution in [3.63, 3.8) is 0 Å². The van der Waals surface area contributed by atoms with Crippen molar-refractivity contribution in [2.45, 2.75) is 31.3 Å². The highest BCUT2D eigenvalue weighted by Crippen LogP contribution is 2.13. The van der Waals surface area contributed by atoms with Gasteiger partial charge in [0.2, 0.25) is 0 Å². The third-order valence-electron chi connectivity index (χ3n) is 4.37. The van der Waals surface area contributed by atoms with Gasteiger partial charge in [0.15, 0.2) is 5.96 Å². The number of rotatable bonds is 9. The molecule has 6 heteroatoms. The van der Waals surface area contributed by atoms with E-state index in [1.807, 2.05) is 30.3 Å². The molecule has 2 rings (SSSR count). The zero-order valence-electron chi connectivity index (χ0n) is 15.1. The van der Waals surface area contributed by atoms with Gasteiger partial charge in [0.1, 0.15) is 0 Å². The van der Waals surface area contributed by atoms with Gasteiger partial charge >= 0.3 is 0 Å². The van der Waals surface area contributed by atoms with Crippen LogP contribution in [0.4, 0.5) is 0 Å². The summed E-state index contributed by atoms with van der Waals surface area (Å²) in [6.45, 7) is 3.92. The van der Waals surface area contributed by atoms with Crippen molar-refractivity contribution in [2.24, 2.45) is 4.99 Å². The van der Waals surface area contributed by atoms with Crippen LogP contribution in [0.5, 0.6) is 0 Å². The Morgan fingerprint density at radius 2 is 2.04 bits per heavy atom. The molecule has 1 heterocycles. The summed E-state index contributed by atoms with van der Waals surface area (Å²) >= 11 is 0. The Bertz CT molecular complexity index is 490. The summed E-state index contributed by atoms with van der Waals surface area (Å²) in [4.78, 5) is 4.23. The highest BCUT2D eigenvalue weighted by molar-refractivity contribution is 5.79. The van der Waals surface area contributed by atoms with Crippen molar-refractivity contribution in [3.8, 4) is 0 Å². The molecule has 1 aliphatic rings. The van der Waals surface area contributed by atoms with E-state index in [9.17, 15) is 5.11 Å². The van der Waals surface area contributed by atoms with Gasteiger partial charge in [0, 0.05) is 45.9 Å². The molecule has 1 aromatic rings. The van der Waals surface area contributed by atoms with Gasteiger partial charge in [-0.15, -0.1) is 0 Å². The topological polar surface area (TPSA) is 75.1 Å². The Morgan fingerprint density at radius 3 is 2.72 bits per heavy atom. The molecule has 1 aliphatic heterocycles. The normalized spacial score (nSPS) is 17.3. The Kier molecular flexibility index (Phi) is 9.33. The van der Waals surface area contributed by atoms with Crippen LogP contribution in [0, 0.1) is 0 Å². The first kappa shape index (κ1) is 19.7. The van der Waals surface area contributed by atoms with Crippen molar-refractivity contribution in [1.82, 2.24) is 10.6 Å². The minimum absolute atomic E-state index is 0.0524. The summed E-state index contributed by atoms with van der Waals surface area (Å²) in [6.07, 6.45) is 3.28. The van der Waals surface area contributed by atoms with Crippen LogP contribution >= 0.6 is 0 Å². The van der Waals surface area contributed by atoms with Crippen LogP contribution < -0.4 is 10.6 Å². The summed E-state index contributed by atoms with van der Waals surface area (Å²) in [5, 5.41) is 16.2. The summed E-state index contributed by atoms with van der Waals surface area (Å²) in [7, 11) is 1.75. The van der Waals surface area contributed by atoms with Gasteiger partial charge in [-0.05, 0) is 24.8 Å². The molecule has 1 fully saturated rings. The van der Waals surface area contributed by atoms with E-state index < -0.39 is 0 Å². The van der Waals surface area contributed by atoms with Gasteiger partial charge in [-0.1, -0.05) is 30.3 Å². The molecule has 0 amide bonds. The summed E-state index contributed by atoms with van der Waals surface area (Å²) in [6, 6.07) is 10.0. The lowest BCUT2D eigenvalue weighted by Crippen LogP contribution is -2.40. The minimum atomic E-state index is 0.0524. The average Bonchev–Trinajstić information content (AvgIpc) is 2.68. The number of nitrogens with zero attached hydrogens (tertiary/aromatic N) is 1. The summed E-state index contributed by atoms with van der Waals surface area (Å²) in [5.74, 6) is 0.803. The minimum Gasteiger partial charge on any atom is -0.396 e. The van der Waals surface area contributed by atoms with Crippen molar-refractivity contribution in [1.29, 1.82) is 0 Å². The van der Waals surface area contributed by atoms with E-state index in [1.54, 1.807) is 7.05 Å². The number of ether oxygens (including phenoxy) is 2. The quantitative estimate of drug-likeness (QED) is 0.358. The zero-order chi connectivity index (χ0) is 17.7.